The molecule has 20 heavy (non-hydrogen) atoms. The number of carbonyl (C=O) groups is 1. The van der Waals surface area contributed by atoms with E-state index in [-0.39, 0.29) is 5.78 Å². The first kappa shape index (κ1) is 16.5. The van der Waals surface area contributed by atoms with Crippen LogP contribution in [0.2, 0.25) is 0 Å². The van der Waals surface area contributed by atoms with Crippen molar-refractivity contribution in [2.24, 2.45) is 0 Å². The Kier molecular flexibility index (Phi) is 6.05. The number of carbonyl (C=O) groups excluding carboxylic acids is 1. The summed E-state index contributed by atoms with van der Waals surface area (Å²) in [5.74, 6) is 0.511. The summed E-state index contributed by atoms with van der Waals surface area (Å²) in [5, 5.41) is 0. The Morgan fingerprint density at radius 3 is 2.55 bits per heavy atom. The highest BCUT2D eigenvalue weighted by atomic mass is 19.4. The second-order valence-electron chi connectivity index (χ2n) is 4.72. The first-order valence-electron chi connectivity index (χ1n) is 6.67. The number of ketones is 1. The van der Waals surface area contributed by atoms with E-state index in [4.69, 9.17) is 4.74 Å². The van der Waals surface area contributed by atoms with Gasteiger partial charge in [-0.2, -0.15) is 13.2 Å². The number of hydrogen-bond donors (Lipinski definition) is 0. The molecule has 0 aliphatic heterocycles. The van der Waals surface area contributed by atoms with Gasteiger partial charge in [0.2, 0.25) is 0 Å². The van der Waals surface area contributed by atoms with Crippen molar-refractivity contribution in [3.63, 3.8) is 0 Å². The lowest BCUT2D eigenvalue weighted by molar-refractivity contribution is -0.137. The molecule has 5 heteroatoms. The van der Waals surface area contributed by atoms with E-state index in [2.05, 4.69) is 0 Å². The van der Waals surface area contributed by atoms with Crippen LogP contribution >= 0.6 is 0 Å². The maximum absolute atomic E-state index is 12.7. The molecule has 0 fully saturated rings. The van der Waals surface area contributed by atoms with Crippen LogP contribution in [-0.2, 0) is 17.4 Å². The van der Waals surface area contributed by atoms with Crippen molar-refractivity contribution in [2.45, 2.75) is 45.7 Å². The molecule has 112 valence electrons. The average Bonchev–Trinajstić information content (AvgIpc) is 2.35. The van der Waals surface area contributed by atoms with Crippen molar-refractivity contribution < 1.29 is 22.7 Å². The van der Waals surface area contributed by atoms with Gasteiger partial charge in [0.25, 0.3) is 0 Å². The Bertz CT molecular complexity index is 453. The predicted molar refractivity (Wildman–Crippen MR) is 70.8 cm³/mol. The molecule has 1 rings (SSSR count). The van der Waals surface area contributed by atoms with Crippen molar-refractivity contribution in [3.8, 4) is 5.75 Å². The van der Waals surface area contributed by atoms with Gasteiger partial charge in [0.05, 0.1) is 12.2 Å². The Balaban J connectivity index is 2.90. The molecule has 0 saturated heterocycles. The van der Waals surface area contributed by atoms with Crippen LogP contribution in [0.15, 0.2) is 18.2 Å². The highest BCUT2D eigenvalue weighted by molar-refractivity contribution is 5.75. The average molecular weight is 288 g/mol. The predicted octanol–water partition coefficient (Wildman–Crippen LogP) is 4.41. The van der Waals surface area contributed by atoms with Gasteiger partial charge in [-0.25, -0.2) is 0 Å². The topological polar surface area (TPSA) is 26.3 Å². The third kappa shape index (κ3) is 5.23. The molecule has 1 aromatic carbocycles. The van der Waals surface area contributed by atoms with Gasteiger partial charge in [0.15, 0.2) is 0 Å². The zero-order valence-electron chi connectivity index (χ0n) is 11.7. The van der Waals surface area contributed by atoms with Crippen molar-refractivity contribution >= 4 is 5.78 Å². The van der Waals surface area contributed by atoms with E-state index in [0.717, 1.165) is 18.6 Å². The van der Waals surface area contributed by atoms with E-state index in [1.54, 1.807) is 0 Å². The zero-order chi connectivity index (χ0) is 15.2. The molecule has 1 aromatic rings. The number of rotatable bonds is 7. The fourth-order valence-corrected chi connectivity index (χ4v) is 1.83. The van der Waals surface area contributed by atoms with E-state index in [9.17, 15) is 18.0 Å². The van der Waals surface area contributed by atoms with Crippen molar-refractivity contribution in [3.05, 3.63) is 29.3 Å². The third-order valence-corrected chi connectivity index (χ3v) is 2.82. The molecule has 0 aliphatic carbocycles. The highest BCUT2D eigenvalue weighted by Crippen LogP contribution is 2.33. The van der Waals surface area contributed by atoms with Crippen LogP contribution in [0.1, 0.15) is 44.2 Å². The highest BCUT2D eigenvalue weighted by Gasteiger charge is 2.31. The monoisotopic (exact) mass is 288 g/mol. The molecular weight excluding hydrogens is 269 g/mol. The van der Waals surface area contributed by atoms with Gasteiger partial charge >= 0.3 is 6.18 Å². The summed E-state index contributed by atoms with van der Waals surface area (Å²) in [6, 6.07) is 3.51. The zero-order valence-corrected chi connectivity index (χ0v) is 11.7. The van der Waals surface area contributed by atoms with Crippen LogP contribution < -0.4 is 4.74 Å². The number of benzene rings is 1. The van der Waals surface area contributed by atoms with Crippen LogP contribution in [0.4, 0.5) is 13.2 Å². The van der Waals surface area contributed by atoms with Gasteiger partial charge in [-0.3, -0.25) is 0 Å². The van der Waals surface area contributed by atoms with Crippen LogP contribution in [0.3, 0.4) is 0 Å². The van der Waals surface area contributed by atoms with E-state index in [1.165, 1.54) is 13.0 Å². The number of halogens is 3. The molecule has 0 aliphatic rings. The SMILES string of the molecule is CCCOc1ccc(C(F)(F)F)cc1CCCC(C)=O. The minimum Gasteiger partial charge on any atom is -0.493 e. The van der Waals surface area contributed by atoms with E-state index in [1.807, 2.05) is 6.92 Å². The minimum absolute atomic E-state index is 0.0352. The number of hydrogen-bond acceptors (Lipinski definition) is 2. The fourth-order valence-electron chi connectivity index (χ4n) is 1.83. The molecule has 0 bridgehead atoms. The summed E-state index contributed by atoms with van der Waals surface area (Å²) < 4.78 is 43.6. The largest absolute Gasteiger partial charge is 0.493 e. The van der Waals surface area contributed by atoms with Crippen molar-refractivity contribution in [2.75, 3.05) is 6.61 Å². The molecule has 2 nitrogen and oxygen atoms in total. The van der Waals surface area contributed by atoms with E-state index in [0.29, 0.717) is 37.2 Å². The standard InChI is InChI=1S/C15H19F3O2/c1-3-9-20-14-8-7-13(15(16,17)18)10-12(14)6-4-5-11(2)19/h7-8,10H,3-6,9H2,1-2H3. The molecule has 0 N–H and O–H groups in total. The summed E-state index contributed by atoms with van der Waals surface area (Å²) >= 11 is 0. The summed E-state index contributed by atoms with van der Waals surface area (Å²) in [6.07, 6.45) is -2.28. The Hall–Kier alpha value is -1.52. The van der Waals surface area contributed by atoms with E-state index < -0.39 is 11.7 Å². The Morgan fingerprint density at radius 2 is 2.00 bits per heavy atom. The molecule has 0 aromatic heterocycles. The van der Waals surface area contributed by atoms with Gasteiger partial charge in [-0.1, -0.05) is 6.92 Å². The van der Waals surface area contributed by atoms with Crippen molar-refractivity contribution in [1.82, 2.24) is 0 Å². The maximum atomic E-state index is 12.7. The smallest absolute Gasteiger partial charge is 0.416 e. The number of alkyl halides is 3. The van der Waals surface area contributed by atoms with Crippen LogP contribution in [0.5, 0.6) is 5.75 Å². The molecule has 0 heterocycles. The Morgan fingerprint density at radius 1 is 1.30 bits per heavy atom. The van der Waals surface area contributed by atoms with Crippen molar-refractivity contribution in [1.29, 1.82) is 0 Å². The first-order valence-corrected chi connectivity index (χ1v) is 6.67. The van der Waals surface area contributed by atoms with Gasteiger partial charge in [-0.05, 0) is 49.9 Å². The van der Waals surface area contributed by atoms with Gasteiger partial charge in [-0.15, -0.1) is 0 Å². The third-order valence-electron chi connectivity index (χ3n) is 2.82. The minimum atomic E-state index is -4.36. The lowest BCUT2D eigenvalue weighted by Gasteiger charge is -2.14. The normalized spacial score (nSPS) is 11.4. The fraction of sp³-hybridized carbons (Fsp3) is 0.533. The summed E-state index contributed by atoms with van der Waals surface area (Å²) in [6.45, 7) is 3.87. The molecule has 0 atom stereocenters. The molecular formula is C15H19F3O2. The summed E-state index contributed by atoms with van der Waals surface area (Å²) in [5.41, 5.74) is -0.173. The summed E-state index contributed by atoms with van der Waals surface area (Å²) in [7, 11) is 0. The van der Waals surface area contributed by atoms with Gasteiger partial charge in [0.1, 0.15) is 11.5 Å². The van der Waals surface area contributed by atoms with Gasteiger partial charge in [0, 0.05) is 6.42 Å². The number of Topliss-reactive ketones (excluding diaryl/α,β-unsaturated/α-hetero) is 1. The molecule has 0 amide bonds. The maximum Gasteiger partial charge on any atom is 0.416 e. The second-order valence-corrected chi connectivity index (χ2v) is 4.72. The van der Waals surface area contributed by atoms with Gasteiger partial charge < -0.3 is 9.53 Å². The summed E-state index contributed by atoms with van der Waals surface area (Å²) in [4.78, 5) is 10.9. The van der Waals surface area contributed by atoms with Crippen LogP contribution in [0.25, 0.3) is 0 Å². The van der Waals surface area contributed by atoms with E-state index >= 15 is 0 Å². The van der Waals surface area contributed by atoms with Crippen LogP contribution in [-0.4, -0.2) is 12.4 Å². The number of aryl methyl sites for hydroxylation is 1. The molecule has 0 unspecified atom stereocenters. The lowest BCUT2D eigenvalue weighted by Crippen LogP contribution is -2.07. The lowest BCUT2D eigenvalue weighted by atomic mass is 10.0. The Labute approximate surface area is 116 Å². The van der Waals surface area contributed by atoms with Crippen LogP contribution in [0, 0.1) is 0 Å². The first-order chi connectivity index (χ1) is 9.34. The molecule has 0 radical (unpaired) electrons. The quantitative estimate of drug-likeness (QED) is 0.743. The second kappa shape index (κ2) is 7.31. The molecule has 0 spiro atoms. The molecule has 0 saturated carbocycles. The number of ether oxygens (including phenoxy) is 1.